The first-order valence-electron chi connectivity index (χ1n) is 8.47. The van der Waals surface area contributed by atoms with Crippen LogP contribution < -0.4 is 5.32 Å². The van der Waals surface area contributed by atoms with Crippen molar-refractivity contribution in [3.8, 4) is 0 Å². The average Bonchev–Trinajstić information content (AvgIpc) is 2.47. The molecule has 2 heterocycles. The largest absolute Gasteiger partial charge is 0.444 e. The van der Waals surface area contributed by atoms with E-state index in [1.165, 1.54) is 0 Å². The summed E-state index contributed by atoms with van der Waals surface area (Å²) in [5.74, 6) is -1.31. The van der Waals surface area contributed by atoms with Gasteiger partial charge in [-0.25, -0.2) is 13.2 Å². The number of hydrogen-bond acceptors (Lipinski definition) is 6. The fourth-order valence-corrected chi connectivity index (χ4v) is 5.68. The number of hydrogen-bond donors (Lipinski definition) is 1. The second kappa shape index (κ2) is 6.88. The Hall–Kier alpha value is -1.42. The summed E-state index contributed by atoms with van der Waals surface area (Å²) < 4.78 is 30.5. The van der Waals surface area contributed by atoms with Crippen molar-refractivity contribution in [2.45, 2.75) is 58.6 Å². The number of allylic oxidation sites excluding steroid dienone is 1. The fraction of sp³-hybridized carbons (Fsp3) is 0.706. The number of nitrogens with zero attached hydrogens (tertiary/aromatic N) is 1. The average molecular weight is 465 g/mol. The van der Waals surface area contributed by atoms with Crippen LogP contribution in [0.3, 0.4) is 0 Å². The van der Waals surface area contributed by atoms with Gasteiger partial charge in [-0.05, 0) is 26.3 Å². The highest BCUT2D eigenvalue weighted by Crippen LogP contribution is 2.40. The number of ketones is 1. The number of Topliss-reactive ketones (excluding diaryl/α,β-unsaturated/α-hetero) is 1. The highest BCUT2D eigenvalue weighted by atomic mass is 79.9. The van der Waals surface area contributed by atoms with Gasteiger partial charge >= 0.3 is 6.09 Å². The van der Waals surface area contributed by atoms with Crippen LogP contribution in [0, 0.1) is 5.41 Å². The van der Waals surface area contributed by atoms with Crippen LogP contribution in [0.25, 0.3) is 0 Å². The summed E-state index contributed by atoms with van der Waals surface area (Å²) in [6, 6.07) is -1.27. The third-order valence-corrected chi connectivity index (χ3v) is 6.74. The Morgan fingerprint density at radius 3 is 2.22 bits per heavy atom. The summed E-state index contributed by atoms with van der Waals surface area (Å²) >= 11 is 3.22. The molecule has 27 heavy (non-hydrogen) atoms. The minimum Gasteiger partial charge on any atom is -0.444 e. The maximum Gasteiger partial charge on any atom is 0.408 e. The Bertz CT molecular complexity index is 819. The predicted molar refractivity (Wildman–Crippen MR) is 103 cm³/mol. The molecule has 0 aromatic carbocycles. The molecule has 1 N–H and O–H groups in total. The smallest absolute Gasteiger partial charge is 0.408 e. The molecule has 0 aromatic heterocycles. The molecule has 0 radical (unpaired) electrons. The first kappa shape index (κ1) is 21.9. The van der Waals surface area contributed by atoms with Gasteiger partial charge in [0.1, 0.15) is 11.6 Å². The number of amides is 2. The monoisotopic (exact) mass is 464 g/mol. The molecule has 1 saturated heterocycles. The summed E-state index contributed by atoms with van der Waals surface area (Å²) in [6.07, 6.45) is -0.880. The Balaban J connectivity index is 2.39. The summed E-state index contributed by atoms with van der Waals surface area (Å²) in [7, 11) is -3.77. The zero-order chi connectivity index (χ0) is 20.9. The first-order chi connectivity index (χ1) is 12.1. The zero-order valence-electron chi connectivity index (χ0n) is 16.3. The Labute approximate surface area is 167 Å². The van der Waals surface area contributed by atoms with E-state index in [9.17, 15) is 22.8 Å². The Morgan fingerprint density at radius 1 is 1.22 bits per heavy atom. The van der Waals surface area contributed by atoms with Crippen LogP contribution in [0.5, 0.6) is 0 Å². The Morgan fingerprint density at radius 2 is 1.78 bits per heavy atom. The summed E-state index contributed by atoms with van der Waals surface area (Å²) in [5.41, 5.74) is -1.14. The van der Waals surface area contributed by atoms with Crippen LogP contribution in [0.4, 0.5) is 4.79 Å². The van der Waals surface area contributed by atoms with Gasteiger partial charge in [0.15, 0.2) is 21.0 Å². The molecule has 2 rings (SSSR count). The second-order valence-corrected chi connectivity index (χ2v) is 11.4. The van der Waals surface area contributed by atoms with Crippen molar-refractivity contribution in [1.29, 1.82) is 0 Å². The molecule has 0 unspecified atom stereocenters. The van der Waals surface area contributed by atoms with Gasteiger partial charge in [0.05, 0.1) is 11.4 Å². The lowest BCUT2D eigenvalue weighted by atomic mass is 9.85. The lowest BCUT2D eigenvalue weighted by molar-refractivity contribution is -0.146. The van der Waals surface area contributed by atoms with E-state index < -0.39 is 44.3 Å². The van der Waals surface area contributed by atoms with Crippen LogP contribution >= 0.6 is 15.9 Å². The topological polar surface area (TPSA) is 110 Å². The zero-order valence-corrected chi connectivity index (χ0v) is 18.7. The predicted octanol–water partition coefficient (Wildman–Crippen LogP) is 1.74. The van der Waals surface area contributed by atoms with E-state index in [0.717, 1.165) is 4.90 Å². The molecule has 0 spiro atoms. The molecule has 2 amide bonds. The van der Waals surface area contributed by atoms with Crippen LogP contribution in [0.1, 0.15) is 41.5 Å². The van der Waals surface area contributed by atoms with Crippen molar-refractivity contribution in [1.82, 2.24) is 10.2 Å². The van der Waals surface area contributed by atoms with Gasteiger partial charge in [-0.15, -0.1) is 0 Å². The number of β-lactam (4-membered cyclic amide) rings is 1. The van der Waals surface area contributed by atoms with Crippen molar-refractivity contribution in [2.75, 3.05) is 11.1 Å². The lowest BCUT2D eigenvalue weighted by Crippen LogP contribution is -2.75. The van der Waals surface area contributed by atoms with Crippen molar-refractivity contribution >= 4 is 43.6 Å². The van der Waals surface area contributed by atoms with E-state index >= 15 is 0 Å². The number of sulfone groups is 1. The molecule has 152 valence electrons. The summed E-state index contributed by atoms with van der Waals surface area (Å²) in [6.45, 7) is 10.1. The van der Waals surface area contributed by atoms with Gasteiger partial charge in [0, 0.05) is 10.7 Å². The maximum absolute atomic E-state index is 12.9. The molecular weight excluding hydrogens is 440 g/mol. The van der Waals surface area contributed by atoms with E-state index in [4.69, 9.17) is 4.74 Å². The molecule has 0 saturated carbocycles. The van der Waals surface area contributed by atoms with Gasteiger partial charge in [-0.3, -0.25) is 14.5 Å². The molecular formula is C17H25BrN2O6S. The minimum absolute atomic E-state index is 0.103. The number of alkyl carbamates (subject to hydrolysis) is 1. The highest BCUT2D eigenvalue weighted by molar-refractivity contribution is 9.09. The summed E-state index contributed by atoms with van der Waals surface area (Å²) in [5, 5.41) is 1.18. The molecule has 8 nitrogen and oxygen atoms in total. The quantitative estimate of drug-likeness (QED) is 0.502. The van der Waals surface area contributed by atoms with Gasteiger partial charge in [-0.1, -0.05) is 36.7 Å². The third-order valence-electron chi connectivity index (χ3n) is 4.09. The van der Waals surface area contributed by atoms with Crippen LogP contribution in [-0.2, 0) is 24.2 Å². The number of carbonyl (C=O) groups excluding carboxylic acids is 3. The van der Waals surface area contributed by atoms with Crippen LogP contribution in [0.2, 0.25) is 0 Å². The van der Waals surface area contributed by atoms with E-state index in [0.29, 0.717) is 5.57 Å². The van der Waals surface area contributed by atoms with Crippen LogP contribution in [-0.4, -0.2) is 59.2 Å². The standard InChI is InChI=1S/C17H25BrN2O6S/c1-16(2,3)12(21)11-9(7-18)8-27(24,25)14-10(13(22)20(11)14)19-15(23)26-17(4,5)6/h10,14H,7-8H2,1-6H3,(H,19,23)/t10-,14-/m1/s1. The van der Waals surface area contributed by atoms with E-state index in [2.05, 4.69) is 21.2 Å². The van der Waals surface area contributed by atoms with Crippen molar-refractivity contribution < 1.29 is 27.5 Å². The van der Waals surface area contributed by atoms with Gasteiger partial charge < -0.3 is 10.1 Å². The molecule has 2 atom stereocenters. The van der Waals surface area contributed by atoms with E-state index in [1.807, 2.05) is 0 Å². The first-order valence-corrected chi connectivity index (χ1v) is 11.3. The molecule has 2 aliphatic heterocycles. The molecule has 1 fully saturated rings. The number of halogens is 1. The number of ether oxygens (including phenoxy) is 1. The lowest BCUT2D eigenvalue weighted by Gasteiger charge is -2.50. The second-order valence-electron chi connectivity index (χ2n) is 8.69. The Kier molecular flexibility index (Phi) is 5.57. The fourth-order valence-electron chi connectivity index (χ4n) is 2.93. The van der Waals surface area contributed by atoms with Crippen molar-refractivity contribution in [3.05, 3.63) is 11.3 Å². The molecule has 0 aromatic rings. The SMILES string of the molecule is CC(C)(C)OC(=O)N[C@@H]1C(=O)N2C(C(=O)C(C)(C)C)=C(CBr)CS(=O)(=O)[C@H]12. The number of rotatable bonds is 3. The molecule has 10 heteroatoms. The maximum atomic E-state index is 12.9. The number of nitrogens with one attached hydrogen (secondary N) is 1. The number of fused-ring (bicyclic) bond motifs is 1. The normalized spacial score (nSPS) is 24.9. The molecule has 2 aliphatic rings. The number of alkyl halides is 1. The van der Waals surface area contributed by atoms with Gasteiger partial charge in [0.25, 0.3) is 5.91 Å². The van der Waals surface area contributed by atoms with Gasteiger partial charge in [0.2, 0.25) is 0 Å². The van der Waals surface area contributed by atoms with Gasteiger partial charge in [-0.2, -0.15) is 0 Å². The van der Waals surface area contributed by atoms with Crippen molar-refractivity contribution in [2.24, 2.45) is 5.41 Å². The third kappa shape index (κ3) is 4.21. The minimum atomic E-state index is -3.77. The van der Waals surface area contributed by atoms with Crippen LogP contribution in [0.15, 0.2) is 11.3 Å². The summed E-state index contributed by atoms with van der Waals surface area (Å²) in [4.78, 5) is 38.6. The van der Waals surface area contributed by atoms with E-state index in [1.54, 1.807) is 41.5 Å². The van der Waals surface area contributed by atoms with E-state index in [-0.39, 0.29) is 22.6 Å². The highest BCUT2D eigenvalue weighted by Gasteiger charge is 2.61. The van der Waals surface area contributed by atoms with Crippen molar-refractivity contribution in [3.63, 3.8) is 0 Å². The number of carbonyl (C=O) groups is 3. The molecule has 0 aliphatic carbocycles. The molecule has 0 bridgehead atoms.